The first-order valence-corrected chi connectivity index (χ1v) is 6.34. The molecule has 2 amide bonds. The van der Waals surface area contributed by atoms with Crippen molar-refractivity contribution in [2.75, 3.05) is 18.1 Å². The minimum Gasteiger partial charge on any atom is -0.399 e. The van der Waals surface area contributed by atoms with E-state index in [1.807, 2.05) is 5.38 Å². The van der Waals surface area contributed by atoms with Crippen LogP contribution in [-0.4, -0.2) is 23.0 Å². The molecular weight excluding hydrogens is 248 g/mol. The van der Waals surface area contributed by atoms with Crippen LogP contribution in [0.15, 0.2) is 35.2 Å². The number of nitrogens with zero attached hydrogens (tertiary/aromatic N) is 2. The third kappa shape index (κ3) is 3.21. The number of carbonyl (C=O) groups is 1. The molecule has 0 fully saturated rings. The van der Waals surface area contributed by atoms with E-state index >= 15 is 0 Å². The molecule has 0 aliphatic carbocycles. The fraction of sp³-hybridized carbons (Fsp3) is 0.167. The fourth-order valence-corrected chi connectivity index (χ4v) is 1.97. The van der Waals surface area contributed by atoms with E-state index in [0.717, 1.165) is 11.4 Å². The molecule has 0 saturated heterocycles. The van der Waals surface area contributed by atoms with Gasteiger partial charge in [-0.05, 0) is 24.3 Å². The lowest BCUT2D eigenvalue weighted by Gasteiger charge is -2.16. The van der Waals surface area contributed by atoms with Gasteiger partial charge < -0.3 is 16.0 Å². The molecule has 2 aromatic rings. The summed E-state index contributed by atoms with van der Waals surface area (Å²) >= 11 is 1.52. The van der Waals surface area contributed by atoms with Crippen molar-refractivity contribution in [3.8, 4) is 0 Å². The van der Waals surface area contributed by atoms with Crippen molar-refractivity contribution in [2.45, 2.75) is 6.54 Å². The van der Waals surface area contributed by atoms with Crippen LogP contribution in [-0.2, 0) is 6.54 Å². The van der Waals surface area contributed by atoms with Crippen LogP contribution in [0.3, 0.4) is 0 Å². The van der Waals surface area contributed by atoms with Gasteiger partial charge in [0.2, 0.25) is 0 Å². The number of urea groups is 1. The molecule has 0 radical (unpaired) electrons. The molecule has 1 aromatic heterocycles. The molecule has 0 saturated carbocycles. The molecule has 6 heteroatoms. The van der Waals surface area contributed by atoms with Gasteiger partial charge in [0, 0.05) is 23.8 Å². The quantitative estimate of drug-likeness (QED) is 0.834. The number of amides is 2. The van der Waals surface area contributed by atoms with Gasteiger partial charge in [0.05, 0.1) is 17.7 Å². The van der Waals surface area contributed by atoms with Crippen molar-refractivity contribution in [3.05, 3.63) is 40.8 Å². The zero-order chi connectivity index (χ0) is 13.0. The van der Waals surface area contributed by atoms with Crippen LogP contribution in [0.1, 0.15) is 5.69 Å². The van der Waals surface area contributed by atoms with Crippen molar-refractivity contribution in [3.63, 3.8) is 0 Å². The molecule has 0 atom stereocenters. The van der Waals surface area contributed by atoms with E-state index in [9.17, 15) is 4.79 Å². The number of hydrogen-bond donors (Lipinski definition) is 2. The van der Waals surface area contributed by atoms with Gasteiger partial charge in [-0.1, -0.05) is 0 Å². The lowest BCUT2D eigenvalue weighted by molar-refractivity contribution is 0.220. The Balaban J connectivity index is 1.93. The number of thiazole rings is 1. The van der Waals surface area contributed by atoms with Gasteiger partial charge in [-0.3, -0.25) is 0 Å². The third-order valence-corrected chi connectivity index (χ3v) is 3.03. The van der Waals surface area contributed by atoms with Gasteiger partial charge in [-0.25, -0.2) is 9.78 Å². The van der Waals surface area contributed by atoms with Gasteiger partial charge in [-0.2, -0.15) is 0 Å². The zero-order valence-electron chi connectivity index (χ0n) is 9.96. The van der Waals surface area contributed by atoms with Gasteiger partial charge >= 0.3 is 6.03 Å². The summed E-state index contributed by atoms with van der Waals surface area (Å²) in [7, 11) is 1.73. The van der Waals surface area contributed by atoms with E-state index in [2.05, 4.69) is 10.3 Å². The smallest absolute Gasteiger partial charge is 0.321 e. The standard InChI is InChI=1S/C12H14N4OS/c1-16(6-11-7-18-8-14-11)12(17)15-10-4-2-9(13)3-5-10/h2-5,7-8H,6,13H2,1H3,(H,15,17). The number of hydrogen-bond acceptors (Lipinski definition) is 4. The second-order valence-corrected chi connectivity index (χ2v) is 4.61. The summed E-state index contributed by atoms with van der Waals surface area (Å²) in [6.07, 6.45) is 0. The highest BCUT2D eigenvalue weighted by Crippen LogP contribution is 2.12. The van der Waals surface area contributed by atoms with Crippen molar-refractivity contribution in [1.82, 2.24) is 9.88 Å². The van der Waals surface area contributed by atoms with Crippen LogP contribution >= 0.6 is 11.3 Å². The lowest BCUT2D eigenvalue weighted by Crippen LogP contribution is -2.30. The normalized spacial score (nSPS) is 10.1. The Morgan fingerprint density at radius 1 is 1.44 bits per heavy atom. The Hall–Kier alpha value is -2.08. The van der Waals surface area contributed by atoms with Crippen molar-refractivity contribution >= 4 is 28.7 Å². The average Bonchev–Trinajstić information content (AvgIpc) is 2.85. The Morgan fingerprint density at radius 2 is 2.17 bits per heavy atom. The Bertz CT molecular complexity index is 509. The Labute approximate surface area is 109 Å². The number of anilines is 2. The highest BCUT2D eigenvalue weighted by atomic mass is 32.1. The lowest BCUT2D eigenvalue weighted by atomic mass is 10.3. The molecule has 3 N–H and O–H groups in total. The number of carbonyl (C=O) groups excluding carboxylic acids is 1. The first kappa shape index (κ1) is 12.4. The van der Waals surface area contributed by atoms with E-state index in [1.54, 1.807) is 41.7 Å². The molecule has 0 bridgehead atoms. The molecule has 0 aliphatic rings. The summed E-state index contributed by atoms with van der Waals surface area (Å²) in [4.78, 5) is 17.6. The topological polar surface area (TPSA) is 71.2 Å². The molecule has 0 aliphatic heterocycles. The van der Waals surface area contributed by atoms with Crippen LogP contribution < -0.4 is 11.1 Å². The first-order valence-electron chi connectivity index (χ1n) is 5.40. The molecule has 0 unspecified atom stereocenters. The van der Waals surface area contributed by atoms with E-state index < -0.39 is 0 Å². The average molecular weight is 262 g/mol. The van der Waals surface area contributed by atoms with Crippen LogP contribution in [0.2, 0.25) is 0 Å². The maximum atomic E-state index is 11.9. The summed E-state index contributed by atoms with van der Waals surface area (Å²) in [5.41, 5.74) is 9.60. The minimum atomic E-state index is -0.173. The molecule has 18 heavy (non-hydrogen) atoms. The largest absolute Gasteiger partial charge is 0.399 e. The highest BCUT2D eigenvalue weighted by molar-refractivity contribution is 7.07. The van der Waals surface area contributed by atoms with Gasteiger partial charge in [0.25, 0.3) is 0 Å². The summed E-state index contributed by atoms with van der Waals surface area (Å²) in [5.74, 6) is 0. The van der Waals surface area contributed by atoms with E-state index in [0.29, 0.717) is 12.2 Å². The second-order valence-electron chi connectivity index (χ2n) is 3.89. The molecule has 1 aromatic carbocycles. The molecule has 1 heterocycles. The molecule has 5 nitrogen and oxygen atoms in total. The number of nitrogens with two attached hydrogens (primary N) is 1. The highest BCUT2D eigenvalue weighted by Gasteiger charge is 2.10. The first-order chi connectivity index (χ1) is 8.65. The van der Waals surface area contributed by atoms with E-state index in [1.165, 1.54) is 11.3 Å². The SMILES string of the molecule is CN(Cc1cscn1)C(=O)Nc1ccc(N)cc1. The van der Waals surface area contributed by atoms with Crippen LogP contribution in [0.25, 0.3) is 0 Å². The molecule has 0 spiro atoms. The number of nitrogen functional groups attached to an aromatic ring is 1. The molecule has 94 valence electrons. The molecule has 2 rings (SSSR count). The summed E-state index contributed by atoms with van der Waals surface area (Å²) in [5, 5.41) is 4.71. The van der Waals surface area contributed by atoms with Crippen LogP contribution in [0, 0.1) is 0 Å². The van der Waals surface area contributed by atoms with Gasteiger partial charge in [-0.15, -0.1) is 11.3 Å². The molecular formula is C12H14N4OS. The fourth-order valence-electron chi connectivity index (χ4n) is 1.42. The minimum absolute atomic E-state index is 0.173. The van der Waals surface area contributed by atoms with Crippen molar-refractivity contribution in [1.29, 1.82) is 0 Å². The van der Waals surface area contributed by atoms with Gasteiger partial charge in [0.15, 0.2) is 0 Å². The number of nitrogens with one attached hydrogen (secondary N) is 1. The third-order valence-electron chi connectivity index (χ3n) is 2.39. The Morgan fingerprint density at radius 3 is 2.78 bits per heavy atom. The predicted molar refractivity (Wildman–Crippen MR) is 73.5 cm³/mol. The summed E-state index contributed by atoms with van der Waals surface area (Å²) < 4.78 is 0. The van der Waals surface area contributed by atoms with Crippen LogP contribution in [0.5, 0.6) is 0 Å². The van der Waals surface area contributed by atoms with Gasteiger partial charge in [0.1, 0.15) is 0 Å². The zero-order valence-corrected chi connectivity index (χ0v) is 10.8. The predicted octanol–water partition coefficient (Wildman–Crippen LogP) is 2.39. The number of benzene rings is 1. The summed E-state index contributed by atoms with van der Waals surface area (Å²) in [6.45, 7) is 0.490. The Kier molecular flexibility index (Phi) is 3.78. The van der Waals surface area contributed by atoms with E-state index in [4.69, 9.17) is 5.73 Å². The second kappa shape index (κ2) is 5.50. The van der Waals surface area contributed by atoms with Crippen molar-refractivity contribution < 1.29 is 4.79 Å². The monoisotopic (exact) mass is 262 g/mol. The maximum absolute atomic E-state index is 11.9. The maximum Gasteiger partial charge on any atom is 0.321 e. The van der Waals surface area contributed by atoms with Crippen molar-refractivity contribution in [2.24, 2.45) is 0 Å². The number of aromatic nitrogens is 1. The summed E-state index contributed by atoms with van der Waals surface area (Å²) in [6, 6.07) is 6.85. The van der Waals surface area contributed by atoms with Crippen LogP contribution in [0.4, 0.5) is 16.2 Å². The number of rotatable bonds is 3. The van der Waals surface area contributed by atoms with E-state index in [-0.39, 0.29) is 6.03 Å².